The largest absolute Gasteiger partial charge is 0.416 e. The van der Waals surface area contributed by atoms with Gasteiger partial charge in [0.2, 0.25) is 0 Å². The zero-order valence-electron chi connectivity index (χ0n) is 13.5. The Bertz CT molecular complexity index is 955. The van der Waals surface area contributed by atoms with E-state index in [9.17, 15) is 26.3 Å². The third-order valence-electron chi connectivity index (χ3n) is 4.02. The molecule has 3 aromatic rings. The van der Waals surface area contributed by atoms with Crippen molar-refractivity contribution >= 4 is 11.6 Å². The summed E-state index contributed by atoms with van der Waals surface area (Å²) in [6.07, 6.45) is -8.99. The minimum Gasteiger partial charge on any atom is -0.166 e. The molecule has 7 heteroatoms. The molecule has 0 radical (unpaired) electrons. The predicted molar refractivity (Wildman–Crippen MR) is 92.3 cm³/mol. The summed E-state index contributed by atoms with van der Waals surface area (Å²) in [5.74, 6) is 0. The van der Waals surface area contributed by atoms with Gasteiger partial charge in [0.15, 0.2) is 0 Å². The first-order valence-electron chi connectivity index (χ1n) is 7.71. The molecule has 0 amide bonds. The van der Waals surface area contributed by atoms with Gasteiger partial charge in [-0.1, -0.05) is 48.0 Å². The van der Waals surface area contributed by atoms with E-state index in [1.165, 1.54) is 30.3 Å². The molecule has 0 unspecified atom stereocenters. The maximum atomic E-state index is 13.0. The molecule has 0 fully saturated rings. The molecule has 140 valence electrons. The molecule has 27 heavy (non-hydrogen) atoms. The number of halogens is 7. The van der Waals surface area contributed by atoms with Crippen LogP contribution >= 0.6 is 11.6 Å². The monoisotopic (exact) mass is 400 g/mol. The second-order valence-electron chi connectivity index (χ2n) is 5.82. The van der Waals surface area contributed by atoms with Gasteiger partial charge >= 0.3 is 12.4 Å². The highest BCUT2D eigenvalue weighted by Gasteiger charge is 2.31. The van der Waals surface area contributed by atoms with Gasteiger partial charge in [0.05, 0.1) is 11.1 Å². The lowest BCUT2D eigenvalue weighted by molar-refractivity contribution is -0.138. The molecular formula is C20H11ClF6. The van der Waals surface area contributed by atoms with Crippen LogP contribution in [0.15, 0.2) is 66.7 Å². The lowest BCUT2D eigenvalue weighted by atomic mass is 9.93. The molecule has 0 saturated heterocycles. The number of benzene rings is 3. The van der Waals surface area contributed by atoms with E-state index in [1.54, 1.807) is 12.1 Å². The highest BCUT2D eigenvalue weighted by Crippen LogP contribution is 2.40. The number of alkyl halides is 6. The summed E-state index contributed by atoms with van der Waals surface area (Å²) in [6, 6.07) is 13.7. The summed E-state index contributed by atoms with van der Waals surface area (Å²) in [5.41, 5.74) is -0.235. The Morgan fingerprint density at radius 2 is 1.19 bits per heavy atom. The molecule has 0 atom stereocenters. The fraction of sp³-hybridized carbons (Fsp3) is 0.100. The van der Waals surface area contributed by atoms with Crippen LogP contribution in [0.3, 0.4) is 0 Å². The van der Waals surface area contributed by atoms with Crippen LogP contribution in [-0.2, 0) is 12.4 Å². The van der Waals surface area contributed by atoms with Gasteiger partial charge < -0.3 is 0 Å². The standard InChI is InChI=1S/C20H11ClF6/c21-17-6-2-5-16(13-3-1-4-15(11-13)20(25,26)27)18(17)12-7-9-14(10-8-12)19(22,23)24/h1-11H. The van der Waals surface area contributed by atoms with Crippen molar-refractivity contribution in [2.45, 2.75) is 12.4 Å². The number of hydrogen-bond acceptors (Lipinski definition) is 0. The lowest BCUT2D eigenvalue weighted by Crippen LogP contribution is -2.05. The summed E-state index contributed by atoms with van der Waals surface area (Å²) < 4.78 is 77.3. The maximum absolute atomic E-state index is 13.0. The van der Waals surface area contributed by atoms with E-state index in [2.05, 4.69) is 0 Å². The van der Waals surface area contributed by atoms with Crippen molar-refractivity contribution in [2.24, 2.45) is 0 Å². The molecule has 0 aliphatic heterocycles. The van der Waals surface area contributed by atoms with Crippen LogP contribution in [0.4, 0.5) is 26.3 Å². The topological polar surface area (TPSA) is 0 Å². The van der Waals surface area contributed by atoms with E-state index in [1.807, 2.05) is 0 Å². The molecule has 0 aliphatic carbocycles. The Hall–Kier alpha value is -2.47. The Morgan fingerprint density at radius 1 is 0.593 bits per heavy atom. The summed E-state index contributed by atoms with van der Waals surface area (Å²) >= 11 is 6.23. The second kappa shape index (κ2) is 6.93. The van der Waals surface area contributed by atoms with Gasteiger partial charge in [0, 0.05) is 10.6 Å². The van der Waals surface area contributed by atoms with Crippen LogP contribution in [0.2, 0.25) is 5.02 Å². The van der Waals surface area contributed by atoms with Crippen LogP contribution in [0.25, 0.3) is 22.3 Å². The van der Waals surface area contributed by atoms with Crippen molar-refractivity contribution < 1.29 is 26.3 Å². The third kappa shape index (κ3) is 4.11. The average Bonchev–Trinajstić information content (AvgIpc) is 2.60. The average molecular weight is 401 g/mol. The molecule has 0 bridgehead atoms. The Kier molecular flexibility index (Phi) is 4.95. The van der Waals surface area contributed by atoms with Crippen molar-refractivity contribution in [1.82, 2.24) is 0 Å². The Labute approximate surface area is 156 Å². The molecule has 0 nitrogen and oxygen atoms in total. The van der Waals surface area contributed by atoms with E-state index < -0.39 is 23.5 Å². The van der Waals surface area contributed by atoms with Crippen molar-refractivity contribution in [3.63, 3.8) is 0 Å². The van der Waals surface area contributed by atoms with Crippen molar-refractivity contribution in [2.75, 3.05) is 0 Å². The van der Waals surface area contributed by atoms with Crippen LogP contribution < -0.4 is 0 Å². The van der Waals surface area contributed by atoms with Crippen LogP contribution in [0.5, 0.6) is 0 Å². The van der Waals surface area contributed by atoms with Gasteiger partial charge in [0.1, 0.15) is 0 Å². The molecule has 3 aromatic carbocycles. The zero-order chi connectivity index (χ0) is 19.8. The fourth-order valence-electron chi connectivity index (χ4n) is 2.75. The molecule has 0 heterocycles. The minimum absolute atomic E-state index is 0.227. The Morgan fingerprint density at radius 3 is 1.78 bits per heavy atom. The van der Waals surface area contributed by atoms with Crippen LogP contribution in [0, 0.1) is 0 Å². The molecule has 0 aliphatic rings. The molecule has 0 aromatic heterocycles. The van der Waals surface area contributed by atoms with E-state index in [0.717, 1.165) is 24.3 Å². The summed E-state index contributed by atoms with van der Waals surface area (Å²) in [7, 11) is 0. The first kappa shape index (κ1) is 19.3. The van der Waals surface area contributed by atoms with Gasteiger partial charge in [-0.2, -0.15) is 26.3 Å². The summed E-state index contributed by atoms with van der Waals surface area (Å²) in [5, 5.41) is 0.227. The third-order valence-corrected chi connectivity index (χ3v) is 4.33. The normalized spacial score (nSPS) is 12.3. The maximum Gasteiger partial charge on any atom is 0.416 e. The van der Waals surface area contributed by atoms with Gasteiger partial charge in [-0.15, -0.1) is 0 Å². The molecule has 0 N–H and O–H groups in total. The smallest absolute Gasteiger partial charge is 0.166 e. The van der Waals surface area contributed by atoms with Crippen molar-refractivity contribution in [1.29, 1.82) is 0 Å². The van der Waals surface area contributed by atoms with Gasteiger partial charge in [-0.25, -0.2) is 0 Å². The number of rotatable bonds is 2. The molecular weight excluding hydrogens is 390 g/mol. The molecule has 0 saturated carbocycles. The summed E-state index contributed by atoms with van der Waals surface area (Å²) in [6.45, 7) is 0. The quantitative estimate of drug-likeness (QED) is 0.386. The number of hydrogen-bond donors (Lipinski definition) is 0. The first-order valence-corrected chi connectivity index (χ1v) is 8.09. The highest BCUT2D eigenvalue weighted by atomic mass is 35.5. The van der Waals surface area contributed by atoms with Gasteiger partial charge in [-0.05, 0) is 47.0 Å². The van der Waals surface area contributed by atoms with E-state index in [0.29, 0.717) is 16.7 Å². The van der Waals surface area contributed by atoms with Crippen LogP contribution in [0.1, 0.15) is 11.1 Å². The van der Waals surface area contributed by atoms with E-state index in [-0.39, 0.29) is 10.6 Å². The van der Waals surface area contributed by atoms with Gasteiger partial charge in [-0.3, -0.25) is 0 Å². The Balaban J connectivity index is 2.14. The fourth-order valence-corrected chi connectivity index (χ4v) is 3.03. The minimum atomic E-state index is -4.51. The SMILES string of the molecule is FC(F)(F)c1ccc(-c2c(Cl)cccc2-c2cccc(C(F)(F)F)c2)cc1. The molecule has 3 rings (SSSR count). The lowest BCUT2D eigenvalue weighted by Gasteiger charge is -2.15. The molecule has 0 spiro atoms. The van der Waals surface area contributed by atoms with E-state index in [4.69, 9.17) is 11.6 Å². The van der Waals surface area contributed by atoms with Crippen molar-refractivity contribution in [3.8, 4) is 22.3 Å². The summed E-state index contributed by atoms with van der Waals surface area (Å²) in [4.78, 5) is 0. The second-order valence-corrected chi connectivity index (χ2v) is 6.22. The first-order chi connectivity index (χ1) is 12.6. The van der Waals surface area contributed by atoms with Crippen LogP contribution in [-0.4, -0.2) is 0 Å². The van der Waals surface area contributed by atoms with E-state index >= 15 is 0 Å². The highest BCUT2D eigenvalue weighted by molar-refractivity contribution is 6.34. The van der Waals surface area contributed by atoms with Gasteiger partial charge in [0.25, 0.3) is 0 Å². The zero-order valence-corrected chi connectivity index (χ0v) is 14.3. The van der Waals surface area contributed by atoms with Crippen molar-refractivity contribution in [3.05, 3.63) is 82.9 Å². The predicted octanol–water partition coefficient (Wildman–Crippen LogP) is 7.71.